The lowest BCUT2D eigenvalue weighted by atomic mass is 9.46. The molecule has 5 heteroatoms. The Labute approximate surface area is 142 Å². The van der Waals surface area contributed by atoms with Gasteiger partial charge in [0.15, 0.2) is 17.9 Å². The van der Waals surface area contributed by atoms with Gasteiger partial charge in [-0.1, -0.05) is 25.1 Å². The third kappa shape index (κ3) is 1.80. The quantitative estimate of drug-likeness (QED) is 0.442. The van der Waals surface area contributed by atoms with E-state index >= 15 is 0 Å². The summed E-state index contributed by atoms with van der Waals surface area (Å²) in [6, 6.07) is 3.97. The van der Waals surface area contributed by atoms with Crippen molar-refractivity contribution in [3.63, 3.8) is 0 Å². The highest BCUT2D eigenvalue weighted by Gasteiger charge is 2.61. The van der Waals surface area contributed by atoms with Crippen LogP contribution in [0.5, 0.6) is 11.5 Å². The van der Waals surface area contributed by atoms with Gasteiger partial charge in [0.1, 0.15) is 0 Å². The largest absolute Gasteiger partial charge is 0.504 e. The fourth-order valence-corrected chi connectivity index (χ4v) is 5.46. The molecule has 1 unspecified atom stereocenters. The lowest BCUT2D eigenvalue weighted by Crippen LogP contribution is -2.66. The predicted octanol–water partition coefficient (Wildman–Crippen LogP) is 2.20. The Morgan fingerprint density at radius 1 is 1.42 bits per heavy atom. The van der Waals surface area contributed by atoms with Crippen LogP contribution in [0.1, 0.15) is 30.9 Å². The lowest BCUT2D eigenvalue weighted by molar-refractivity contribution is -0.0412. The molecule has 5 nitrogen and oxygen atoms in total. The Morgan fingerprint density at radius 2 is 2.21 bits per heavy atom. The molecule has 0 spiro atoms. The average Bonchev–Trinajstić information content (AvgIpc) is 2.54. The van der Waals surface area contributed by atoms with E-state index in [4.69, 9.17) is 10.1 Å². The molecule has 0 radical (unpaired) electrons. The molecule has 128 valence electrons. The van der Waals surface area contributed by atoms with Gasteiger partial charge in [0.05, 0.1) is 6.10 Å². The van der Waals surface area contributed by atoms with E-state index in [1.54, 1.807) is 6.07 Å². The van der Waals surface area contributed by atoms with E-state index in [-0.39, 0.29) is 16.6 Å². The molecule has 3 N–H and O–H groups in total. The molecule has 4 rings (SSSR count). The van der Waals surface area contributed by atoms with Gasteiger partial charge < -0.3 is 19.8 Å². The minimum atomic E-state index is -0.497. The highest BCUT2D eigenvalue weighted by Crippen LogP contribution is 2.63. The van der Waals surface area contributed by atoms with Crippen LogP contribution in [-0.2, 0) is 11.8 Å². The predicted molar refractivity (Wildman–Crippen MR) is 91.8 cm³/mol. The Bertz CT molecular complexity index is 732. The standard InChI is InChI=1S/C19H24N2O3/c1-18-6-5-13(22)10-19(18)7-8-21(2)15(18)9-12-3-4-14(23)17(16(12)19)24-11-20/h3-6,11,13,15,20,22-23H,7-10H2,1-2H3/t13-,15?,18-,19+/m0/s1. The number of rotatable bonds is 2. The summed E-state index contributed by atoms with van der Waals surface area (Å²) in [4.78, 5) is 2.41. The molecule has 1 saturated heterocycles. The topological polar surface area (TPSA) is 76.8 Å². The van der Waals surface area contributed by atoms with E-state index in [0.29, 0.717) is 18.2 Å². The minimum Gasteiger partial charge on any atom is -0.504 e. The molecule has 0 amide bonds. The molecule has 1 heterocycles. The zero-order valence-electron chi connectivity index (χ0n) is 14.1. The highest BCUT2D eigenvalue weighted by molar-refractivity contribution is 5.63. The number of ether oxygens (including phenoxy) is 1. The molecule has 0 aromatic heterocycles. The molecule has 24 heavy (non-hydrogen) atoms. The fourth-order valence-electron chi connectivity index (χ4n) is 5.46. The van der Waals surface area contributed by atoms with Crippen LogP contribution in [0.4, 0.5) is 0 Å². The number of piperidine rings is 1. The van der Waals surface area contributed by atoms with Gasteiger partial charge in [-0.3, -0.25) is 5.41 Å². The van der Waals surface area contributed by atoms with E-state index in [1.807, 2.05) is 12.1 Å². The van der Waals surface area contributed by atoms with Crippen molar-refractivity contribution in [2.45, 2.75) is 43.7 Å². The van der Waals surface area contributed by atoms with Crippen LogP contribution in [0.3, 0.4) is 0 Å². The lowest BCUT2D eigenvalue weighted by Gasteiger charge is -2.63. The van der Waals surface area contributed by atoms with Crippen LogP contribution in [0.2, 0.25) is 0 Å². The Balaban J connectivity index is 2.04. The van der Waals surface area contributed by atoms with Crippen molar-refractivity contribution in [2.24, 2.45) is 5.41 Å². The van der Waals surface area contributed by atoms with E-state index in [0.717, 1.165) is 36.9 Å². The van der Waals surface area contributed by atoms with E-state index in [9.17, 15) is 10.2 Å². The van der Waals surface area contributed by atoms with Crippen molar-refractivity contribution < 1.29 is 14.9 Å². The zero-order chi connectivity index (χ0) is 17.1. The number of aliphatic hydroxyl groups is 1. The average molecular weight is 328 g/mol. The Kier molecular flexibility index (Phi) is 3.31. The number of likely N-dealkylation sites (N-methyl/N-ethyl adjacent to an activating group) is 1. The normalized spacial score (nSPS) is 37.5. The number of fused-ring (bicyclic) bond motifs is 1. The number of likely N-dealkylation sites (tertiary alicyclic amines) is 1. The Hall–Kier alpha value is -1.85. The molecule has 1 fully saturated rings. The monoisotopic (exact) mass is 328 g/mol. The molecule has 2 bridgehead atoms. The van der Waals surface area contributed by atoms with Crippen LogP contribution in [0.15, 0.2) is 24.3 Å². The molecule has 1 aromatic carbocycles. The van der Waals surface area contributed by atoms with E-state index in [1.165, 1.54) is 0 Å². The second kappa shape index (κ2) is 5.07. The van der Waals surface area contributed by atoms with Crippen molar-refractivity contribution in [3.8, 4) is 11.5 Å². The van der Waals surface area contributed by atoms with E-state index < -0.39 is 6.10 Å². The van der Waals surface area contributed by atoms with Gasteiger partial charge in [-0.25, -0.2) is 0 Å². The fraction of sp³-hybridized carbons (Fsp3) is 0.526. The highest BCUT2D eigenvalue weighted by atomic mass is 16.5. The molecule has 1 aromatic rings. The molecule has 4 atom stereocenters. The molecular formula is C19H24N2O3. The summed E-state index contributed by atoms with van der Waals surface area (Å²) in [5, 5.41) is 28.1. The van der Waals surface area contributed by atoms with Gasteiger partial charge in [-0.15, -0.1) is 0 Å². The number of aliphatic hydroxyl groups excluding tert-OH is 1. The summed E-state index contributed by atoms with van der Waals surface area (Å²) in [7, 11) is 2.17. The Morgan fingerprint density at radius 3 is 2.96 bits per heavy atom. The van der Waals surface area contributed by atoms with Gasteiger partial charge in [-0.2, -0.15) is 0 Å². The number of nitrogens with zero attached hydrogens (tertiary/aromatic N) is 1. The van der Waals surface area contributed by atoms with Gasteiger partial charge in [-0.05, 0) is 44.5 Å². The second-order valence-electron chi connectivity index (χ2n) is 7.63. The summed E-state index contributed by atoms with van der Waals surface area (Å²) >= 11 is 0. The van der Waals surface area contributed by atoms with Gasteiger partial charge in [0.2, 0.25) is 0 Å². The maximum atomic E-state index is 10.4. The SMILES string of the molecule is CN1CC[C@]23C[C@@H](O)C=C[C@@]2(C)C1Cc1ccc(O)c(OC=N)c13. The van der Waals surface area contributed by atoms with Gasteiger partial charge in [0, 0.05) is 22.4 Å². The number of phenolic OH excluding ortho intramolecular Hbond substituents is 1. The third-order valence-electron chi connectivity index (χ3n) is 6.66. The molecule has 3 aliphatic rings. The van der Waals surface area contributed by atoms with Crippen molar-refractivity contribution in [1.82, 2.24) is 4.90 Å². The summed E-state index contributed by atoms with van der Waals surface area (Å²) in [6.07, 6.45) is 6.84. The first-order valence-electron chi connectivity index (χ1n) is 8.51. The van der Waals surface area contributed by atoms with Crippen LogP contribution in [0, 0.1) is 10.8 Å². The van der Waals surface area contributed by atoms with Crippen LogP contribution < -0.4 is 4.74 Å². The van der Waals surface area contributed by atoms with Crippen molar-refractivity contribution in [1.29, 1.82) is 5.41 Å². The maximum absolute atomic E-state index is 10.4. The molecular weight excluding hydrogens is 304 g/mol. The van der Waals surface area contributed by atoms with Gasteiger partial charge >= 0.3 is 0 Å². The van der Waals surface area contributed by atoms with E-state index in [2.05, 4.69) is 24.9 Å². The second-order valence-corrected chi connectivity index (χ2v) is 7.63. The van der Waals surface area contributed by atoms with Crippen LogP contribution in [0.25, 0.3) is 0 Å². The molecule has 1 aliphatic heterocycles. The maximum Gasteiger partial charge on any atom is 0.174 e. The number of benzene rings is 1. The first-order chi connectivity index (χ1) is 11.4. The smallest absolute Gasteiger partial charge is 0.174 e. The van der Waals surface area contributed by atoms with Crippen LogP contribution >= 0.6 is 0 Å². The van der Waals surface area contributed by atoms with Gasteiger partial charge in [0.25, 0.3) is 0 Å². The summed E-state index contributed by atoms with van der Waals surface area (Å²) < 4.78 is 5.45. The zero-order valence-corrected chi connectivity index (χ0v) is 14.1. The number of hydrogen-bond acceptors (Lipinski definition) is 5. The first kappa shape index (κ1) is 15.7. The van der Waals surface area contributed by atoms with Crippen molar-refractivity contribution >= 4 is 6.40 Å². The number of aromatic hydroxyl groups is 1. The summed E-state index contributed by atoms with van der Waals surface area (Å²) in [5.74, 6) is 0.453. The van der Waals surface area contributed by atoms with Crippen molar-refractivity contribution in [2.75, 3.05) is 13.6 Å². The van der Waals surface area contributed by atoms with Crippen molar-refractivity contribution in [3.05, 3.63) is 35.4 Å². The summed E-state index contributed by atoms with van der Waals surface area (Å²) in [6.45, 7) is 3.21. The number of nitrogens with one attached hydrogen (secondary N) is 1. The van der Waals surface area contributed by atoms with Crippen LogP contribution in [-0.4, -0.2) is 47.3 Å². The third-order valence-corrected chi connectivity index (χ3v) is 6.66. The number of hydrogen-bond donors (Lipinski definition) is 3. The molecule has 0 saturated carbocycles. The minimum absolute atomic E-state index is 0.0652. The number of phenols is 1. The first-order valence-corrected chi connectivity index (χ1v) is 8.51. The molecule has 2 aliphatic carbocycles. The summed E-state index contributed by atoms with van der Waals surface area (Å²) in [5.41, 5.74) is 1.71.